The lowest BCUT2D eigenvalue weighted by atomic mass is 10.1. The third-order valence-electron chi connectivity index (χ3n) is 3.44. The van der Waals surface area contributed by atoms with Gasteiger partial charge in [0.2, 0.25) is 5.91 Å². The SMILES string of the molecule is CN(C)C(=O)c1cccc(NCC(=O)Nc2ccccc2C(N)=O)c1. The summed E-state index contributed by atoms with van der Waals surface area (Å²) in [4.78, 5) is 36.9. The highest BCUT2D eigenvalue weighted by Gasteiger charge is 2.11. The number of anilines is 2. The molecule has 7 nitrogen and oxygen atoms in total. The lowest BCUT2D eigenvalue weighted by Gasteiger charge is -2.13. The van der Waals surface area contributed by atoms with Crippen LogP contribution in [-0.4, -0.2) is 43.3 Å². The number of nitrogens with zero attached hydrogens (tertiary/aromatic N) is 1. The molecule has 0 saturated carbocycles. The number of nitrogens with one attached hydrogen (secondary N) is 2. The number of primary amides is 1. The van der Waals surface area contributed by atoms with E-state index < -0.39 is 5.91 Å². The molecular weight excluding hydrogens is 320 g/mol. The number of rotatable bonds is 6. The Morgan fingerprint density at radius 1 is 1.04 bits per heavy atom. The van der Waals surface area contributed by atoms with Crippen LogP contribution in [0.1, 0.15) is 20.7 Å². The fourth-order valence-corrected chi connectivity index (χ4v) is 2.20. The first-order valence-electron chi connectivity index (χ1n) is 7.62. The van der Waals surface area contributed by atoms with E-state index in [1.807, 2.05) is 0 Å². The van der Waals surface area contributed by atoms with E-state index in [1.165, 1.54) is 4.90 Å². The minimum atomic E-state index is -0.612. The van der Waals surface area contributed by atoms with Crippen molar-refractivity contribution in [1.29, 1.82) is 0 Å². The number of carbonyl (C=O) groups excluding carboxylic acids is 3. The van der Waals surface area contributed by atoms with Crippen LogP contribution in [0.4, 0.5) is 11.4 Å². The zero-order valence-electron chi connectivity index (χ0n) is 14.1. The Labute approximate surface area is 145 Å². The average Bonchev–Trinajstić information content (AvgIpc) is 2.59. The Morgan fingerprint density at radius 2 is 1.76 bits per heavy atom. The Hall–Kier alpha value is -3.35. The Balaban J connectivity index is 2.00. The molecule has 2 rings (SSSR count). The van der Waals surface area contributed by atoms with Crippen LogP contribution in [0.25, 0.3) is 0 Å². The van der Waals surface area contributed by atoms with E-state index in [0.717, 1.165) is 0 Å². The molecule has 0 fully saturated rings. The molecule has 0 aliphatic heterocycles. The van der Waals surface area contributed by atoms with Gasteiger partial charge in [-0.1, -0.05) is 18.2 Å². The van der Waals surface area contributed by atoms with Crippen LogP contribution < -0.4 is 16.4 Å². The van der Waals surface area contributed by atoms with E-state index in [2.05, 4.69) is 10.6 Å². The largest absolute Gasteiger partial charge is 0.376 e. The van der Waals surface area contributed by atoms with Crippen molar-refractivity contribution in [2.45, 2.75) is 0 Å². The second-order valence-electron chi connectivity index (χ2n) is 5.59. The van der Waals surface area contributed by atoms with E-state index in [9.17, 15) is 14.4 Å². The van der Waals surface area contributed by atoms with Gasteiger partial charge in [-0.3, -0.25) is 14.4 Å². The van der Waals surface area contributed by atoms with Gasteiger partial charge in [0.15, 0.2) is 0 Å². The van der Waals surface area contributed by atoms with Crippen molar-refractivity contribution in [3.05, 3.63) is 59.7 Å². The van der Waals surface area contributed by atoms with Crippen LogP contribution >= 0.6 is 0 Å². The van der Waals surface area contributed by atoms with Crippen LogP contribution in [0.15, 0.2) is 48.5 Å². The highest BCUT2D eigenvalue weighted by molar-refractivity contribution is 6.03. The first-order valence-corrected chi connectivity index (χ1v) is 7.62. The summed E-state index contributed by atoms with van der Waals surface area (Å²) in [5, 5.41) is 5.59. The first kappa shape index (κ1) is 18.0. The third-order valence-corrected chi connectivity index (χ3v) is 3.44. The number of hydrogen-bond acceptors (Lipinski definition) is 4. The predicted molar refractivity (Wildman–Crippen MR) is 96.5 cm³/mol. The van der Waals surface area contributed by atoms with Gasteiger partial charge in [-0.05, 0) is 30.3 Å². The standard InChI is InChI=1S/C18H20N4O3/c1-22(2)18(25)12-6-5-7-13(10-12)20-11-16(23)21-15-9-4-3-8-14(15)17(19)24/h3-10,20H,11H2,1-2H3,(H2,19,24)(H,21,23). The highest BCUT2D eigenvalue weighted by atomic mass is 16.2. The summed E-state index contributed by atoms with van der Waals surface area (Å²) in [6.45, 7) is -0.0211. The number of para-hydroxylation sites is 1. The van der Waals surface area contributed by atoms with Crippen LogP contribution in [0.3, 0.4) is 0 Å². The summed E-state index contributed by atoms with van der Waals surface area (Å²) in [5.74, 6) is -1.07. The molecule has 0 bridgehead atoms. The molecule has 0 aromatic heterocycles. The lowest BCUT2D eigenvalue weighted by molar-refractivity contribution is -0.114. The molecule has 0 aliphatic rings. The molecular formula is C18H20N4O3. The molecule has 3 amide bonds. The average molecular weight is 340 g/mol. The number of amides is 3. The van der Waals surface area contributed by atoms with E-state index in [0.29, 0.717) is 16.9 Å². The van der Waals surface area contributed by atoms with Crippen molar-refractivity contribution < 1.29 is 14.4 Å². The third kappa shape index (κ3) is 4.81. The van der Waals surface area contributed by atoms with Gasteiger partial charge < -0.3 is 21.3 Å². The molecule has 0 heterocycles. The number of nitrogens with two attached hydrogens (primary N) is 1. The van der Waals surface area contributed by atoms with Crippen molar-refractivity contribution in [1.82, 2.24) is 4.90 Å². The van der Waals surface area contributed by atoms with Crippen molar-refractivity contribution in [2.24, 2.45) is 5.73 Å². The molecule has 0 atom stereocenters. The Bertz CT molecular complexity index is 802. The molecule has 0 saturated heterocycles. The fraction of sp³-hybridized carbons (Fsp3) is 0.167. The summed E-state index contributed by atoms with van der Waals surface area (Å²) in [5.41, 5.74) is 7.05. The lowest BCUT2D eigenvalue weighted by Crippen LogP contribution is -2.24. The van der Waals surface area contributed by atoms with Crippen LogP contribution in [0.2, 0.25) is 0 Å². The number of benzene rings is 2. The molecule has 0 unspecified atom stereocenters. The van der Waals surface area contributed by atoms with Gasteiger partial charge in [0.05, 0.1) is 17.8 Å². The zero-order valence-corrected chi connectivity index (χ0v) is 14.1. The van der Waals surface area contributed by atoms with Gasteiger partial charge in [0, 0.05) is 25.3 Å². The number of carbonyl (C=O) groups is 3. The smallest absolute Gasteiger partial charge is 0.253 e. The molecule has 0 radical (unpaired) electrons. The van der Waals surface area contributed by atoms with Gasteiger partial charge in [0.25, 0.3) is 11.8 Å². The van der Waals surface area contributed by atoms with E-state index in [-0.39, 0.29) is 23.9 Å². The summed E-state index contributed by atoms with van der Waals surface area (Å²) in [6.07, 6.45) is 0. The van der Waals surface area contributed by atoms with Gasteiger partial charge in [-0.15, -0.1) is 0 Å². The summed E-state index contributed by atoms with van der Waals surface area (Å²) < 4.78 is 0. The molecule has 0 aliphatic carbocycles. The maximum Gasteiger partial charge on any atom is 0.253 e. The normalized spacial score (nSPS) is 10.0. The molecule has 25 heavy (non-hydrogen) atoms. The summed E-state index contributed by atoms with van der Waals surface area (Å²) >= 11 is 0. The van der Waals surface area contributed by atoms with Crippen molar-refractivity contribution >= 4 is 29.1 Å². The van der Waals surface area contributed by atoms with Gasteiger partial charge >= 0.3 is 0 Å². The first-order chi connectivity index (χ1) is 11.9. The molecule has 130 valence electrons. The number of hydrogen-bond donors (Lipinski definition) is 3. The van der Waals surface area contributed by atoms with Crippen molar-refractivity contribution in [3.8, 4) is 0 Å². The van der Waals surface area contributed by atoms with Gasteiger partial charge in [0.1, 0.15) is 0 Å². The minimum Gasteiger partial charge on any atom is -0.376 e. The van der Waals surface area contributed by atoms with Crippen LogP contribution in [0, 0.1) is 0 Å². The quantitative estimate of drug-likeness (QED) is 0.742. The maximum absolute atomic E-state index is 12.1. The predicted octanol–water partition coefficient (Wildman–Crippen LogP) is 1.54. The molecule has 2 aromatic carbocycles. The minimum absolute atomic E-state index is 0.0211. The highest BCUT2D eigenvalue weighted by Crippen LogP contribution is 2.15. The Kier molecular flexibility index (Phi) is 5.73. The molecule has 7 heteroatoms. The molecule has 0 spiro atoms. The van der Waals surface area contributed by atoms with Crippen molar-refractivity contribution in [3.63, 3.8) is 0 Å². The van der Waals surface area contributed by atoms with E-state index in [1.54, 1.807) is 62.6 Å². The summed E-state index contributed by atoms with van der Waals surface area (Å²) in [6, 6.07) is 13.4. The maximum atomic E-state index is 12.1. The molecule has 2 aromatic rings. The molecule has 4 N–H and O–H groups in total. The van der Waals surface area contributed by atoms with Crippen molar-refractivity contribution in [2.75, 3.05) is 31.3 Å². The van der Waals surface area contributed by atoms with E-state index in [4.69, 9.17) is 5.73 Å². The summed E-state index contributed by atoms with van der Waals surface area (Å²) in [7, 11) is 3.35. The van der Waals surface area contributed by atoms with Crippen LogP contribution in [0.5, 0.6) is 0 Å². The zero-order chi connectivity index (χ0) is 18.4. The van der Waals surface area contributed by atoms with Gasteiger partial charge in [-0.25, -0.2) is 0 Å². The Morgan fingerprint density at radius 3 is 2.44 bits per heavy atom. The van der Waals surface area contributed by atoms with Crippen LogP contribution in [-0.2, 0) is 4.79 Å². The van der Waals surface area contributed by atoms with E-state index >= 15 is 0 Å². The second-order valence-corrected chi connectivity index (χ2v) is 5.59. The topological polar surface area (TPSA) is 105 Å². The fourth-order valence-electron chi connectivity index (χ4n) is 2.20. The van der Waals surface area contributed by atoms with Gasteiger partial charge in [-0.2, -0.15) is 0 Å². The second kappa shape index (κ2) is 7.96. The monoisotopic (exact) mass is 340 g/mol.